The summed E-state index contributed by atoms with van der Waals surface area (Å²) < 4.78 is 10.2. The number of amides is 1. The number of rotatable bonds is 7. The largest absolute Gasteiger partial charge is 0.457 e. The Balaban J connectivity index is 1.49. The van der Waals surface area contributed by atoms with Crippen LogP contribution in [0.15, 0.2) is 76.4 Å². The third-order valence-electron chi connectivity index (χ3n) is 3.70. The Morgan fingerprint density at radius 1 is 1.11 bits per heavy atom. The van der Waals surface area contributed by atoms with Crippen LogP contribution in [0.2, 0.25) is 0 Å². The third-order valence-corrected chi connectivity index (χ3v) is 3.70. The summed E-state index contributed by atoms with van der Waals surface area (Å²) in [5.41, 5.74) is 5.11. The lowest BCUT2D eigenvalue weighted by atomic mass is 10.2. The molecule has 0 saturated heterocycles. The number of hydrogen-bond donors (Lipinski definition) is 2. The first-order valence-corrected chi connectivity index (χ1v) is 8.58. The zero-order chi connectivity index (χ0) is 19.8. The average Bonchev–Trinajstić information content (AvgIpc) is 3.23. The molecule has 0 saturated carbocycles. The first-order chi connectivity index (χ1) is 13.6. The molecule has 1 aromatic heterocycles. The summed E-state index contributed by atoms with van der Waals surface area (Å²) in [5.74, 6) is -0.406. The number of furan rings is 1. The molecule has 0 aliphatic heterocycles. The van der Waals surface area contributed by atoms with Gasteiger partial charge in [0.25, 0.3) is 5.91 Å². The molecule has 0 bridgehead atoms. The van der Waals surface area contributed by atoms with Gasteiger partial charge in [0.1, 0.15) is 5.75 Å². The minimum atomic E-state index is -0.588. The number of carbonyl (C=O) groups is 2. The van der Waals surface area contributed by atoms with Gasteiger partial charge < -0.3 is 14.5 Å². The molecule has 0 aliphatic rings. The number of aryl methyl sites for hydroxylation is 1. The predicted molar refractivity (Wildman–Crippen MR) is 106 cm³/mol. The summed E-state index contributed by atoms with van der Waals surface area (Å²) in [6, 6.07) is 17.6. The van der Waals surface area contributed by atoms with Crippen LogP contribution in [0.25, 0.3) is 0 Å². The SMILES string of the molecule is Cc1ccc(NCC(=O)N/N=C/c2cccc(OC(=O)c3ccco3)c2)cc1. The van der Waals surface area contributed by atoms with Gasteiger partial charge in [-0.15, -0.1) is 0 Å². The third kappa shape index (κ3) is 5.57. The Labute approximate surface area is 162 Å². The number of nitrogens with one attached hydrogen (secondary N) is 2. The van der Waals surface area contributed by atoms with Gasteiger partial charge in [0.05, 0.1) is 19.0 Å². The fraction of sp³-hybridized carbons (Fsp3) is 0.0952. The highest BCUT2D eigenvalue weighted by molar-refractivity contribution is 5.89. The maximum Gasteiger partial charge on any atom is 0.379 e. The molecule has 2 aromatic carbocycles. The van der Waals surface area contributed by atoms with Gasteiger partial charge in [0.15, 0.2) is 0 Å². The highest BCUT2D eigenvalue weighted by Gasteiger charge is 2.11. The summed E-state index contributed by atoms with van der Waals surface area (Å²) in [6.07, 6.45) is 2.87. The zero-order valence-electron chi connectivity index (χ0n) is 15.2. The maximum absolute atomic E-state index is 11.9. The Hall–Kier alpha value is -3.87. The first kappa shape index (κ1) is 18.9. The number of carbonyl (C=O) groups excluding carboxylic acids is 2. The zero-order valence-corrected chi connectivity index (χ0v) is 15.2. The van der Waals surface area contributed by atoms with E-state index in [9.17, 15) is 9.59 Å². The van der Waals surface area contributed by atoms with E-state index in [0.29, 0.717) is 11.3 Å². The lowest BCUT2D eigenvalue weighted by Gasteiger charge is -2.05. The van der Waals surface area contributed by atoms with E-state index in [2.05, 4.69) is 15.8 Å². The summed E-state index contributed by atoms with van der Waals surface area (Å²) >= 11 is 0. The fourth-order valence-corrected chi connectivity index (χ4v) is 2.28. The molecule has 1 heterocycles. The molecule has 0 aliphatic carbocycles. The van der Waals surface area contributed by atoms with Crippen molar-refractivity contribution in [3.8, 4) is 5.75 Å². The van der Waals surface area contributed by atoms with Gasteiger partial charge >= 0.3 is 5.97 Å². The lowest BCUT2D eigenvalue weighted by molar-refractivity contribution is -0.119. The number of benzene rings is 2. The minimum Gasteiger partial charge on any atom is -0.457 e. The van der Waals surface area contributed by atoms with Crippen molar-refractivity contribution in [2.75, 3.05) is 11.9 Å². The molecule has 7 nitrogen and oxygen atoms in total. The van der Waals surface area contributed by atoms with Crippen LogP contribution in [-0.2, 0) is 4.79 Å². The van der Waals surface area contributed by atoms with Crippen molar-refractivity contribution in [2.45, 2.75) is 6.92 Å². The van der Waals surface area contributed by atoms with Crippen molar-refractivity contribution >= 4 is 23.8 Å². The van der Waals surface area contributed by atoms with Crippen LogP contribution >= 0.6 is 0 Å². The van der Waals surface area contributed by atoms with Crippen molar-refractivity contribution in [1.82, 2.24) is 5.43 Å². The van der Waals surface area contributed by atoms with Gasteiger partial charge in [-0.3, -0.25) is 4.79 Å². The van der Waals surface area contributed by atoms with E-state index in [1.54, 1.807) is 30.3 Å². The van der Waals surface area contributed by atoms with Crippen LogP contribution in [0.3, 0.4) is 0 Å². The summed E-state index contributed by atoms with van der Waals surface area (Å²) in [7, 11) is 0. The Bertz CT molecular complexity index is 964. The number of hydrogen-bond acceptors (Lipinski definition) is 6. The predicted octanol–water partition coefficient (Wildman–Crippen LogP) is 3.37. The molecule has 0 radical (unpaired) electrons. The van der Waals surface area contributed by atoms with Crippen LogP contribution in [0.5, 0.6) is 5.75 Å². The second-order valence-corrected chi connectivity index (χ2v) is 5.95. The van der Waals surface area contributed by atoms with Crippen LogP contribution in [-0.4, -0.2) is 24.6 Å². The normalized spacial score (nSPS) is 10.6. The number of esters is 1. The number of ether oxygens (including phenoxy) is 1. The Morgan fingerprint density at radius 2 is 1.93 bits per heavy atom. The van der Waals surface area contributed by atoms with Crippen LogP contribution in [0, 0.1) is 6.92 Å². The average molecular weight is 377 g/mol. The molecule has 3 aromatic rings. The van der Waals surface area contributed by atoms with Crippen molar-refractivity contribution in [3.05, 3.63) is 83.8 Å². The monoisotopic (exact) mass is 377 g/mol. The smallest absolute Gasteiger partial charge is 0.379 e. The van der Waals surface area contributed by atoms with Crippen LogP contribution in [0.1, 0.15) is 21.7 Å². The number of anilines is 1. The Morgan fingerprint density at radius 3 is 2.68 bits per heavy atom. The van der Waals surface area contributed by atoms with Gasteiger partial charge in [0.2, 0.25) is 5.76 Å². The lowest BCUT2D eigenvalue weighted by Crippen LogP contribution is -2.25. The molecule has 7 heteroatoms. The van der Waals surface area contributed by atoms with E-state index in [0.717, 1.165) is 11.3 Å². The number of nitrogens with zero attached hydrogens (tertiary/aromatic N) is 1. The van der Waals surface area contributed by atoms with E-state index >= 15 is 0 Å². The van der Waals surface area contributed by atoms with Crippen molar-refractivity contribution in [2.24, 2.45) is 5.10 Å². The summed E-state index contributed by atoms with van der Waals surface area (Å²) in [5, 5.41) is 6.93. The molecular formula is C21H19N3O4. The van der Waals surface area contributed by atoms with Gasteiger partial charge in [-0.1, -0.05) is 29.8 Å². The van der Waals surface area contributed by atoms with Crippen LogP contribution in [0.4, 0.5) is 5.69 Å². The highest BCUT2D eigenvalue weighted by Crippen LogP contribution is 2.14. The standard InChI is InChI=1S/C21H19N3O4/c1-15-7-9-17(10-8-15)22-14-20(25)24-23-13-16-4-2-5-18(12-16)28-21(26)19-6-3-11-27-19/h2-13,22H,14H2,1H3,(H,24,25)/b23-13+. The molecule has 0 unspecified atom stereocenters. The fourth-order valence-electron chi connectivity index (χ4n) is 2.28. The second-order valence-electron chi connectivity index (χ2n) is 5.95. The Kier molecular flexibility index (Phi) is 6.20. The van der Waals surface area contributed by atoms with E-state index < -0.39 is 5.97 Å². The molecule has 0 atom stereocenters. The molecule has 1 amide bonds. The van der Waals surface area contributed by atoms with Crippen molar-refractivity contribution < 1.29 is 18.7 Å². The molecule has 0 fully saturated rings. The molecule has 2 N–H and O–H groups in total. The molecule has 28 heavy (non-hydrogen) atoms. The van der Waals surface area contributed by atoms with E-state index in [1.165, 1.54) is 18.5 Å². The van der Waals surface area contributed by atoms with E-state index in [4.69, 9.17) is 9.15 Å². The van der Waals surface area contributed by atoms with Gasteiger partial charge in [-0.25, -0.2) is 10.2 Å². The molecule has 3 rings (SSSR count). The topological polar surface area (TPSA) is 92.9 Å². The van der Waals surface area contributed by atoms with Crippen molar-refractivity contribution in [3.63, 3.8) is 0 Å². The molecular weight excluding hydrogens is 358 g/mol. The highest BCUT2D eigenvalue weighted by atomic mass is 16.5. The van der Waals surface area contributed by atoms with Crippen LogP contribution < -0.4 is 15.5 Å². The molecule has 142 valence electrons. The first-order valence-electron chi connectivity index (χ1n) is 8.58. The van der Waals surface area contributed by atoms with E-state index in [-0.39, 0.29) is 18.2 Å². The van der Waals surface area contributed by atoms with E-state index in [1.807, 2.05) is 31.2 Å². The maximum atomic E-state index is 11.9. The van der Waals surface area contributed by atoms with Gasteiger partial charge in [-0.05, 0) is 48.9 Å². The molecule has 0 spiro atoms. The minimum absolute atomic E-state index is 0.0984. The summed E-state index contributed by atoms with van der Waals surface area (Å²) in [4.78, 5) is 23.7. The van der Waals surface area contributed by atoms with Crippen molar-refractivity contribution in [1.29, 1.82) is 0 Å². The van der Waals surface area contributed by atoms with Gasteiger partial charge in [0, 0.05) is 5.69 Å². The second kappa shape index (κ2) is 9.18. The quantitative estimate of drug-likeness (QED) is 0.285. The summed E-state index contributed by atoms with van der Waals surface area (Å²) in [6.45, 7) is 2.10. The van der Waals surface area contributed by atoms with Gasteiger partial charge in [-0.2, -0.15) is 5.10 Å². The number of hydrazone groups is 1.